The van der Waals surface area contributed by atoms with Crippen molar-refractivity contribution in [3.05, 3.63) is 54.6 Å². The summed E-state index contributed by atoms with van der Waals surface area (Å²) in [6, 6.07) is 16.8. The van der Waals surface area contributed by atoms with Crippen LogP contribution in [0.1, 0.15) is 20.8 Å². The molecule has 3 N–H and O–H groups in total. The second kappa shape index (κ2) is 10.0. The highest BCUT2D eigenvalue weighted by Gasteiger charge is 2.15. The maximum Gasteiger partial charge on any atom is 0.328 e. The molecule has 6 nitrogen and oxygen atoms in total. The van der Waals surface area contributed by atoms with Crippen LogP contribution in [-0.4, -0.2) is 24.1 Å². The van der Waals surface area contributed by atoms with E-state index in [1.54, 1.807) is 26.8 Å². The van der Waals surface area contributed by atoms with Gasteiger partial charge in [0.25, 0.3) is 0 Å². The molecule has 0 aliphatic carbocycles. The number of hydrogen-bond acceptors (Lipinski definition) is 4. The van der Waals surface area contributed by atoms with Crippen molar-refractivity contribution in [2.45, 2.75) is 26.4 Å². The number of guanidine groups is 1. The Morgan fingerprint density at radius 2 is 1.73 bits per heavy atom. The van der Waals surface area contributed by atoms with E-state index in [2.05, 4.69) is 10.3 Å². The number of carbonyl (C=O) groups is 1. The van der Waals surface area contributed by atoms with E-state index in [0.717, 1.165) is 5.75 Å². The highest BCUT2D eigenvalue weighted by molar-refractivity contribution is 14.0. The minimum absolute atomic E-state index is 0. The molecule has 26 heavy (non-hydrogen) atoms. The van der Waals surface area contributed by atoms with Crippen LogP contribution in [-0.2, 0) is 9.53 Å². The van der Waals surface area contributed by atoms with Crippen molar-refractivity contribution in [3.63, 3.8) is 0 Å². The molecule has 0 bridgehead atoms. The molecule has 0 saturated heterocycles. The summed E-state index contributed by atoms with van der Waals surface area (Å²) in [5, 5.41) is 2.93. The van der Waals surface area contributed by atoms with Crippen molar-refractivity contribution in [3.8, 4) is 11.5 Å². The van der Waals surface area contributed by atoms with Gasteiger partial charge in [0, 0.05) is 11.8 Å². The normalized spacial score (nSPS) is 11.3. The molecule has 2 aromatic rings. The number of nitrogens with one attached hydrogen (secondary N) is 1. The Balaban J connectivity index is 0.00000338. The van der Waals surface area contributed by atoms with Gasteiger partial charge in [0.2, 0.25) is 0 Å². The van der Waals surface area contributed by atoms with Gasteiger partial charge in [-0.25, -0.2) is 4.99 Å². The predicted molar refractivity (Wildman–Crippen MR) is 114 cm³/mol. The highest BCUT2D eigenvalue weighted by Crippen LogP contribution is 2.23. The molecule has 0 aliphatic rings. The molecular formula is C19H24IN3O3. The van der Waals surface area contributed by atoms with Crippen LogP contribution in [0.2, 0.25) is 0 Å². The molecule has 140 valence electrons. The van der Waals surface area contributed by atoms with E-state index in [1.165, 1.54) is 0 Å². The zero-order valence-electron chi connectivity index (χ0n) is 15.1. The fourth-order valence-corrected chi connectivity index (χ4v) is 1.97. The molecule has 0 aliphatic heterocycles. The first-order valence-electron chi connectivity index (χ1n) is 7.93. The number of aliphatic imine (C=N–C) groups is 1. The van der Waals surface area contributed by atoms with Crippen molar-refractivity contribution >= 4 is 41.6 Å². The number of nitrogens with zero attached hydrogens (tertiary/aromatic N) is 1. The molecule has 0 spiro atoms. The predicted octanol–water partition coefficient (Wildman–Crippen LogP) is 4.17. The third kappa shape index (κ3) is 8.19. The first-order chi connectivity index (χ1) is 11.8. The van der Waals surface area contributed by atoms with E-state index in [9.17, 15) is 4.79 Å². The molecule has 0 heterocycles. The van der Waals surface area contributed by atoms with Gasteiger partial charge in [-0.15, -0.1) is 24.0 Å². The van der Waals surface area contributed by atoms with E-state index in [-0.39, 0.29) is 36.5 Å². The Kier molecular flexibility index (Phi) is 8.37. The lowest BCUT2D eigenvalue weighted by molar-refractivity contribution is -0.152. The number of anilines is 1. The lowest BCUT2D eigenvalue weighted by atomic mass is 10.2. The zero-order valence-corrected chi connectivity index (χ0v) is 17.4. The number of carbonyl (C=O) groups excluding carboxylic acids is 1. The van der Waals surface area contributed by atoms with E-state index in [0.29, 0.717) is 11.4 Å². The molecule has 0 amide bonds. The Bertz CT molecular complexity index is 743. The van der Waals surface area contributed by atoms with Gasteiger partial charge < -0.3 is 20.5 Å². The van der Waals surface area contributed by atoms with Gasteiger partial charge in [0.15, 0.2) is 5.96 Å². The van der Waals surface area contributed by atoms with Gasteiger partial charge >= 0.3 is 5.97 Å². The van der Waals surface area contributed by atoms with E-state index < -0.39 is 11.6 Å². The lowest BCUT2D eigenvalue weighted by Gasteiger charge is -2.18. The summed E-state index contributed by atoms with van der Waals surface area (Å²) in [4.78, 5) is 15.6. The van der Waals surface area contributed by atoms with Gasteiger partial charge in [-0.05, 0) is 45.0 Å². The monoisotopic (exact) mass is 469 g/mol. The summed E-state index contributed by atoms with van der Waals surface area (Å²) in [6.07, 6.45) is 0. The first-order valence-corrected chi connectivity index (χ1v) is 7.93. The van der Waals surface area contributed by atoms with Gasteiger partial charge in [-0.1, -0.05) is 24.3 Å². The van der Waals surface area contributed by atoms with Crippen molar-refractivity contribution in [2.24, 2.45) is 10.7 Å². The second-order valence-corrected chi connectivity index (χ2v) is 6.36. The highest BCUT2D eigenvalue weighted by atomic mass is 127. The number of benzene rings is 2. The Hall–Kier alpha value is -2.29. The average molecular weight is 469 g/mol. The number of ether oxygens (including phenoxy) is 2. The molecule has 0 fully saturated rings. The molecule has 0 unspecified atom stereocenters. The number of halogens is 1. The van der Waals surface area contributed by atoms with Crippen molar-refractivity contribution < 1.29 is 14.3 Å². The molecule has 0 radical (unpaired) electrons. The van der Waals surface area contributed by atoms with Crippen molar-refractivity contribution in [2.75, 3.05) is 11.9 Å². The van der Waals surface area contributed by atoms with E-state index in [1.807, 2.05) is 48.5 Å². The Morgan fingerprint density at radius 1 is 1.08 bits per heavy atom. The fourth-order valence-electron chi connectivity index (χ4n) is 1.97. The van der Waals surface area contributed by atoms with Crippen molar-refractivity contribution in [1.82, 2.24) is 0 Å². The number of esters is 1. The molecular weight excluding hydrogens is 445 g/mol. The summed E-state index contributed by atoms with van der Waals surface area (Å²) in [5.74, 6) is 1.10. The summed E-state index contributed by atoms with van der Waals surface area (Å²) in [7, 11) is 0. The van der Waals surface area contributed by atoms with E-state index >= 15 is 0 Å². The minimum atomic E-state index is -0.544. The Labute approximate surface area is 170 Å². The van der Waals surface area contributed by atoms with Gasteiger partial charge in [-0.2, -0.15) is 0 Å². The SMILES string of the molecule is CC(C)(C)OC(=O)CN=C(N)Nc1cccc(Oc2ccccc2)c1.I. The standard InChI is InChI=1S/C19H23N3O3.HI/c1-19(2,3)25-17(23)13-21-18(20)22-14-8-7-11-16(12-14)24-15-9-5-4-6-10-15;/h4-12H,13H2,1-3H3,(H3,20,21,22);1H. The Morgan fingerprint density at radius 3 is 2.38 bits per heavy atom. The smallest absolute Gasteiger partial charge is 0.328 e. The minimum Gasteiger partial charge on any atom is -0.459 e. The quantitative estimate of drug-likeness (QED) is 0.297. The molecule has 0 saturated carbocycles. The van der Waals surface area contributed by atoms with Crippen LogP contribution in [0.5, 0.6) is 11.5 Å². The maximum absolute atomic E-state index is 11.6. The summed E-state index contributed by atoms with van der Waals surface area (Å²) in [6.45, 7) is 5.26. The molecule has 0 atom stereocenters. The molecule has 0 aromatic heterocycles. The molecule has 2 aromatic carbocycles. The van der Waals surface area contributed by atoms with Crippen LogP contribution in [0.25, 0.3) is 0 Å². The summed E-state index contributed by atoms with van der Waals surface area (Å²) in [5.41, 5.74) is 5.97. The van der Waals surface area contributed by atoms with Crippen LogP contribution >= 0.6 is 24.0 Å². The zero-order chi connectivity index (χ0) is 18.3. The number of hydrogen-bond donors (Lipinski definition) is 2. The number of rotatable bonds is 5. The second-order valence-electron chi connectivity index (χ2n) is 6.36. The first kappa shape index (κ1) is 21.8. The fraction of sp³-hybridized carbons (Fsp3) is 0.263. The number of para-hydroxylation sites is 1. The van der Waals surface area contributed by atoms with Crippen LogP contribution in [0.4, 0.5) is 5.69 Å². The van der Waals surface area contributed by atoms with Crippen LogP contribution in [0.3, 0.4) is 0 Å². The topological polar surface area (TPSA) is 85.9 Å². The third-order valence-corrected chi connectivity index (χ3v) is 2.88. The van der Waals surface area contributed by atoms with Gasteiger partial charge in [0.1, 0.15) is 23.6 Å². The van der Waals surface area contributed by atoms with Crippen LogP contribution < -0.4 is 15.8 Å². The molecule has 2 rings (SSSR count). The largest absolute Gasteiger partial charge is 0.459 e. The van der Waals surface area contributed by atoms with Gasteiger partial charge in [-0.3, -0.25) is 4.79 Å². The third-order valence-electron chi connectivity index (χ3n) is 2.88. The summed E-state index contributed by atoms with van der Waals surface area (Å²) < 4.78 is 10.9. The number of nitrogens with two attached hydrogens (primary N) is 1. The van der Waals surface area contributed by atoms with Crippen molar-refractivity contribution in [1.29, 1.82) is 0 Å². The molecule has 7 heteroatoms. The average Bonchev–Trinajstić information content (AvgIpc) is 2.53. The summed E-state index contributed by atoms with van der Waals surface area (Å²) >= 11 is 0. The van der Waals surface area contributed by atoms with Gasteiger partial charge in [0.05, 0.1) is 0 Å². The van der Waals surface area contributed by atoms with E-state index in [4.69, 9.17) is 15.2 Å². The van der Waals surface area contributed by atoms with Crippen LogP contribution in [0.15, 0.2) is 59.6 Å². The lowest BCUT2D eigenvalue weighted by Crippen LogP contribution is -2.28. The maximum atomic E-state index is 11.6. The van der Waals surface area contributed by atoms with Crippen LogP contribution in [0, 0.1) is 0 Å².